The molecule has 1 unspecified atom stereocenters. The summed E-state index contributed by atoms with van der Waals surface area (Å²) >= 11 is 0. The molecule has 1 aromatic heterocycles. The van der Waals surface area contributed by atoms with Crippen molar-refractivity contribution in [2.24, 2.45) is 13.0 Å². The Balaban J connectivity index is 1.95. The molecule has 0 aliphatic carbocycles. The van der Waals surface area contributed by atoms with Crippen LogP contribution in [0.2, 0.25) is 0 Å². The van der Waals surface area contributed by atoms with E-state index in [2.05, 4.69) is 5.10 Å². The zero-order valence-electron chi connectivity index (χ0n) is 12.4. The quantitative estimate of drug-likeness (QED) is 0.775. The smallest absolute Gasteiger partial charge is 0.410 e. The summed E-state index contributed by atoms with van der Waals surface area (Å²) in [4.78, 5) is 25.8. The maximum Gasteiger partial charge on any atom is 0.410 e. The zero-order valence-corrected chi connectivity index (χ0v) is 12.4. The molecule has 6 heteroatoms. The minimum Gasteiger partial charge on any atom is -0.444 e. The maximum atomic E-state index is 12.3. The first-order chi connectivity index (χ1) is 9.26. The van der Waals surface area contributed by atoms with Crippen LogP contribution in [0.1, 0.15) is 37.7 Å². The van der Waals surface area contributed by atoms with Crippen molar-refractivity contribution < 1.29 is 14.3 Å². The highest BCUT2D eigenvalue weighted by molar-refractivity contribution is 5.96. The van der Waals surface area contributed by atoms with Gasteiger partial charge in [0.25, 0.3) is 0 Å². The Bertz CT molecular complexity index is 516. The number of ketones is 1. The minimum absolute atomic E-state index is 0.00309. The summed E-state index contributed by atoms with van der Waals surface area (Å²) in [6, 6.07) is 1.71. The molecule has 6 nitrogen and oxygen atoms in total. The number of Topliss-reactive ketones (excluding diaryl/α,β-unsaturated/α-hetero) is 1. The van der Waals surface area contributed by atoms with E-state index in [1.165, 1.54) is 0 Å². The lowest BCUT2D eigenvalue weighted by Gasteiger charge is -2.24. The summed E-state index contributed by atoms with van der Waals surface area (Å²) in [6.07, 6.45) is 2.05. The van der Waals surface area contributed by atoms with Gasteiger partial charge in [0, 0.05) is 32.3 Å². The molecule has 20 heavy (non-hydrogen) atoms. The van der Waals surface area contributed by atoms with Crippen LogP contribution < -0.4 is 0 Å². The Kier molecular flexibility index (Phi) is 3.83. The number of carbonyl (C=O) groups is 2. The van der Waals surface area contributed by atoms with E-state index < -0.39 is 5.60 Å². The molecular formula is C14H21N3O3. The summed E-state index contributed by atoms with van der Waals surface area (Å²) < 4.78 is 6.92. The Hall–Kier alpha value is -1.85. The fraction of sp³-hybridized carbons (Fsp3) is 0.643. The van der Waals surface area contributed by atoms with E-state index in [1.807, 2.05) is 20.8 Å². The Labute approximate surface area is 118 Å². The predicted octanol–water partition coefficient (Wildman–Crippen LogP) is 1.86. The molecule has 0 spiro atoms. The van der Waals surface area contributed by atoms with Crippen molar-refractivity contribution in [1.29, 1.82) is 0 Å². The lowest BCUT2D eigenvalue weighted by molar-refractivity contribution is 0.0289. The highest BCUT2D eigenvalue weighted by Gasteiger charge is 2.34. The van der Waals surface area contributed by atoms with Crippen LogP contribution in [-0.4, -0.2) is 45.2 Å². The van der Waals surface area contributed by atoms with E-state index in [4.69, 9.17) is 4.74 Å². The van der Waals surface area contributed by atoms with E-state index in [0.29, 0.717) is 25.2 Å². The Morgan fingerprint density at radius 1 is 1.40 bits per heavy atom. The van der Waals surface area contributed by atoms with E-state index >= 15 is 0 Å². The Morgan fingerprint density at radius 3 is 2.65 bits per heavy atom. The van der Waals surface area contributed by atoms with Crippen molar-refractivity contribution in [1.82, 2.24) is 14.7 Å². The van der Waals surface area contributed by atoms with Crippen LogP contribution in [0.5, 0.6) is 0 Å². The molecule has 0 radical (unpaired) electrons. The van der Waals surface area contributed by atoms with Gasteiger partial charge in [-0.2, -0.15) is 5.10 Å². The molecule has 1 saturated heterocycles. The van der Waals surface area contributed by atoms with Gasteiger partial charge in [-0.15, -0.1) is 0 Å². The average molecular weight is 279 g/mol. The molecule has 110 valence electrons. The van der Waals surface area contributed by atoms with Crippen molar-refractivity contribution in [2.45, 2.75) is 32.8 Å². The topological polar surface area (TPSA) is 64.4 Å². The molecule has 0 aromatic carbocycles. The second-order valence-electron chi connectivity index (χ2n) is 6.15. The van der Waals surface area contributed by atoms with Crippen molar-refractivity contribution in [3.05, 3.63) is 18.0 Å². The molecule has 1 aliphatic rings. The number of likely N-dealkylation sites (tertiary alicyclic amines) is 1. The van der Waals surface area contributed by atoms with Crippen LogP contribution in [0.3, 0.4) is 0 Å². The minimum atomic E-state index is -0.514. The second kappa shape index (κ2) is 5.26. The van der Waals surface area contributed by atoms with Gasteiger partial charge < -0.3 is 9.64 Å². The van der Waals surface area contributed by atoms with Crippen molar-refractivity contribution >= 4 is 11.9 Å². The van der Waals surface area contributed by atoms with Crippen molar-refractivity contribution in [3.8, 4) is 0 Å². The SMILES string of the molecule is Cn1ccc(C(=O)C2CCN(C(=O)OC(C)(C)C)C2)n1. The molecule has 1 amide bonds. The third-order valence-corrected chi connectivity index (χ3v) is 3.18. The number of hydrogen-bond donors (Lipinski definition) is 0. The highest BCUT2D eigenvalue weighted by Crippen LogP contribution is 2.22. The van der Waals surface area contributed by atoms with Gasteiger partial charge in [-0.1, -0.05) is 0 Å². The van der Waals surface area contributed by atoms with E-state index in [1.54, 1.807) is 28.9 Å². The second-order valence-corrected chi connectivity index (χ2v) is 6.15. The number of hydrogen-bond acceptors (Lipinski definition) is 4. The molecule has 2 heterocycles. The molecule has 2 rings (SSSR count). The fourth-order valence-corrected chi connectivity index (χ4v) is 2.22. The van der Waals surface area contributed by atoms with E-state index in [-0.39, 0.29) is 17.8 Å². The van der Waals surface area contributed by atoms with Gasteiger partial charge in [0.1, 0.15) is 11.3 Å². The predicted molar refractivity (Wildman–Crippen MR) is 73.5 cm³/mol. The van der Waals surface area contributed by atoms with Crippen LogP contribution in [0.4, 0.5) is 4.79 Å². The van der Waals surface area contributed by atoms with Gasteiger partial charge in [-0.3, -0.25) is 9.48 Å². The molecule has 1 atom stereocenters. The first-order valence-electron chi connectivity index (χ1n) is 6.78. The molecule has 1 aliphatic heterocycles. The Morgan fingerprint density at radius 2 is 2.10 bits per heavy atom. The maximum absolute atomic E-state index is 12.3. The number of aryl methyl sites for hydroxylation is 1. The monoisotopic (exact) mass is 279 g/mol. The molecule has 1 fully saturated rings. The van der Waals surface area contributed by atoms with Gasteiger partial charge in [-0.05, 0) is 33.3 Å². The third-order valence-electron chi connectivity index (χ3n) is 3.18. The molecule has 0 bridgehead atoms. The zero-order chi connectivity index (χ0) is 14.9. The van der Waals surface area contributed by atoms with Gasteiger partial charge in [0.2, 0.25) is 0 Å². The van der Waals surface area contributed by atoms with Crippen LogP contribution in [-0.2, 0) is 11.8 Å². The first-order valence-corrected chi connectivity index (χ1v) is 6.78. The summed E-state index contributed by atoms with van der Waals surface area (Å²) in [5.41, 5.74) is -0.0521. The van der Waals surface area contributed by atoms with Crippen molar-refractivity contribution in [2.75, 3.05) is 13.1 Å². The summed E-state index contributed by atoms with van der Waals surface area (Å²) in [7, 11) is 1.78. The molecular weight excluding hydrogens is 258 g/mol. The number of amides is 1. The largest absolute Gasteiger partial charge is 0.444 e. The lowest BCUT2D eigenvalue weighted by atomic mass is 10.0. The third kappa shape index (κ3) is 3.37. The lowest BCUT2D eigenvalue weighted by Crippen LogP contribution is -2.35. The summed E-state index contributed by atoms with van der Waals surface area (Å²) in [5, 5.41) is 4.12. The first kappa shape index (κ1) is 14.6. The summed E-state index contributed by atoms with van der Waals surface area (Å²) in [5.74, 6) is -0.186. The van der Waals surface area contributed by atoms with Gasteiger partial charge >= 0.3 is 6.09 Å². The average Bonchev–Trinajstić information content (AvgIpc) is 2.94. The standard InChI is InChI=1S/C14H21N3O3/c1-14(2,3)20-13(19)17-8-5-10(9-17)12(18)11-6-7-16(4)15-11/h6-7,10H,5,8-9H2,1-4H3. The number of ether oxygens (including phenoxy) is 1. The molecule has 0 saturated carbocycles. The number of nitrogens with zero attached hydrogens (tertiary/aromatic N) is 3. The fourth-order valence-electron chi connectivity index (χ4n) is 2.22. The number of rotatable bonds is 2. The van der Waals surface area contributed by atoms with E-state index in [0.717, 1.165) is 0 Å². The van der Waals surface area contributed by atoms with Crippen LogP contribution in [0.25, 0.3) is 0 Å². The normalized spacial score (nSPS) is 19.2. The molecule has 1 aromatic rings. The number of aromatic nitrogens is 2. The summed E-state index contributed by atoms with van der Waals surface area (Å²) in [6.45, 7) is 6.45. The van der Waals surface area contributed by atoms with E-state index in [9.17, 15) is 9.59 Å². The van der Waals surface area contributed by atoms with Crippen LogP contribution in [0, 0.1) is 5.92 Å². The van der Waals surface area contributed by atoms with Gasteiger partial charge in [0.15, 0.2) is 5.78 Å². The highest BCUT2D eigenvalue weighted by atomic mass is 16.6. The molecule has 0 N–H and O–H groups in total. The van der Waals surface area contributed by atoms with Crippen LogP contribution >= 0.6 is 0 Å². The van der Waals surface area contributed by atoms with Crippen molar-refractivity contribution in [3.63, 3.8) is 0 Å². The van der Waals surface area contributed by atoms with Gasteiger partial charge in [-0.25, -0.2) is 4.79 Å². The van der Waals surface area contributed by atoms with Gasteiger partial charge in [0.05, 0.1) is 0 Å². The number of carbonyl (C=O) groups excluding carboxylic acids is 2. The van der Waals surface area contributed by atoms with Crippen LogP contribution in [0.15, 0.2) is 12.3 Å².